The Bertz CT molecular complexity index is 414. The number of nitrogens with two attached hydrogens (primary N) is 1. The van der Waals surface area contributed by atoms with E-state index in [2.05, 4.69) is 5.32 Å². The topological polar surface area (TPSA) is 49.7 Å². The highest BCUT2D eigenvalue weighted by Crippen LogP contribution is 2.22. The molecule has 0 radical (unpaired) electrons. The fourth-order valence-corrected chi connectivity index (χ4v) is 2.32. The fourth-order valence-electron chi connectivity index (χ4n) is 2.16. The number of rotatable bonds is 3. The van der Waals surface area contributed by atoms with Gasteiger partial charge in [-0.2, -0.15) is 0 Å². The van der Waals surface area contributed by atoms with Gasteiger partial charge < -0.3 is 10.1 Å². The van der Waals surface area contributed by atoms with E-state index in [1.165, 1.54) is 12.6 Å². The molecule has 2 rings (SSSR count). The van der Waals surface area contributed by atoms with Crippen LogP contribution in [-0.2, 0) is 4.74 Å². The third kappa shape index (κ3) is 2.86. The number of benzene rings is 1. The second-order valence-corrected chi connectivity index (χ2v) is 4.80. The van der Waals surface area contributed by atoms with Crippen molar-refractivity contribution in [2.24, 2.45) is 0 Å². The molecule has 1 fully saturated rings. The van der Waals surface area contributed by atoms with Crippen LogP contribution in [0.2, 0.25) is 5.02 Å². The maximum Gasteiger partial charge on any atom is 0.194 e. The Kier molecular flexibility index (Phi) is 4.15. The molecule has 1 aromatic carbocycles. The molecular weight excluding hydrogens is 236 g/mol. The van der Waals surface area contributed by atoms with Crippen LogP contribution in [0, 0.1) is 12.3 Å². The summed E-state index contributed by atoms with van der Waals surface area (Å²) in [6.45, 7) is 2.79. The van der Waals surface area contributed by atoms with Crippen LogP contribution in [0.5, 0.6) is 0 Å². The normalized spacial score (nSPS) is 20.2. The van der Waals surface area contributed by atoms with Crippen LogP contribution in [0.4, 0.5) is 5.69 Å². The van der Waals surface area contributed by atoms with Crippen LogP contribution in [0.15, 0.2) is 12.1 Å². The average molecular weight is 254 g/mol. The van der Waals surface area contributed by atoms with Gasteiger partial charge in [-0.05, 0) is 31.4 Å². The Morgan fingerprint density at radius 2 is 2.29 bits per heavy atom. The number of halogens is 1. The summed E-state index contributed by atoms with van der Waals surface area (Å²) in [5.41, 5.74) is 2.91. The van der Waals surface area contributed by atoms with Gasteiger partial charge >= 0.3 is 0 Å². The molecule has 92 valence electrons. The van der Waals surface area contributed by atoms with Crippen molar-refractivity contribution in [2.45, 2.75) is 32.4 Å². The molecule has 1 aliphatic heterocycles. The molecule has 1 saturated heterocycles. The zero-order valence-electron chi connectivity index (χ0n) is 10.0. The molecule has 1 atom stereocenters. The highest BCUT2D eigenvalue weighted by molar-refractivity contribution is 6.31. The van der Waals surface area contributed by atoms with Crippen molar-refractivity contribution in [1.29, 1.82) is 5.41 Å². The molecule has 0 aromatic heterocycles. The second kappa shape index (κ2) is 5.63. The highest BCUT2D eigenvalue weighted by atomic mass is 35.5. The summed E-state index contributed by atoms with van der Waals surface area (Å²) in [7, 11) is 0. The van der Waals surface area contributed by atoms with E-state index in [0.717, 1.165) is 36.3 Å². The molecule has 0 amide bonds. The smallest absolute Gasteiger partial charge is 0.194 e. The van der Waals surface area contributed by atoms with Crippen molar-refractivity contribution < 1.29 is 10.1 Å². The molecule has 1 heterocycles. The first-order chi connectivity index (χ1) is 8.22. The van der Waals surface area contributed by atoms with Crippen LogP contribution in [-0.4, -0.2) is 19.0 Å². The summed E-state index contributed by atoms with van der Waals surface area (Å²) < 4.78 is 5.69. The SMILES string of the molecule is Cc1c(Cl)ccc([NH2+]C2CCCCO2)c1C=N. The fraction of sp³-hybridized carbons (Fsp3) is 0.462. The molecule has 0 spiro atoms. The summed E-state index contributed by atoms with van der Waals surface area (Å²) in [4.78, 5) is 0. The lowest BCUT2D eigenvalue weighted by molar-refractivity contribution is -0.660. The summed E-state index contributed by atoms with van der Waals surface area (Å²) in [6, 6.07) is 3.85. The van der Waals surface area contributed by atoms with E-state index in [1.54, 1.807) is 0 Å². The van der Waals surface area contributed by atoms with Gasteiger partial charge in [-0.15, -0.1) is 0 Å². The van der Waals surface area contributed by atoms with Crippen LogP contribution in [0.1, 0.15) is 30.4 Å². The summed E-state index contributed by atoms with van der Waals surface area (Å²) in [6.07, 6.45) is 4.99. The number of nitrogens with one attached hydrogen (secondary N) is 1. The van der Waals surface area contributed by atoms with Gasteiger partial charge in [0.1, 0.15) is 5.69 Å². The Morgan fingerprint density at radius 1 is 1.47 bits per heavy atom. The van der Waals surface area contributed by atoms with Gasteiger partial charge in [-0.3, -0.25) is 5.32 Å². The van der Waals surface area contributed by atoms with Crippen LogP contribution in [0.25, 0.3) is 0 Å². The van der Waals surface area contributed by atoms with E-state index in [4.69, 9.17) is 21.7 Å². The lowest BCUT2D eigenvalue weighted by Gasteiger charge is -2.21. The first kappa shape index (κ1) is 12.6. The van der Waals surface area contributed by atoms with Crippen molar-refractivity contribution >= 4 is 23.5 Å². The van der Waals surface area contributed by atoms with Gasteiger partial charge in [0, 0.05) is 23.7 Å². The molecule has 4 heteroatoms. The molecule has 3 N–H and O–H groups in total. The van der Waals surface area contributed by atoms with E-state index in [1.807, 2.05) is 19.1 Å². The minimum atomic E-state index is 0.183. The first-order valence-electron chi connectivity index (χ1n) is 5.98. The first-order valence-corrected chi connectivity index (χ1v) is 6.36. The van der Waals surface area contributed by atoms with Gasteiger partial charge in [0.2, 0.25) is 0 Å². The molecule has 3 nitrogen and oxygen atoms in total. The standard InChI is InChI=1S/C13H17ClN2O/c1-9-10(8-15)12(6-5-11(9)14)16-13-4-2-3-7-17-13/h5-6,8,13,15-16H,2-4,7H2,1H3/p+1. The average Bonchev–Trinajstić information content (AvgIpc) is 2.36. The largest absolute Gasteiger partial charge is 0.329 e. The van der Waals surface area contributed by atoms with Crippen molar-refractivity contribution in [3.63, 3.8) is 0 Å². The second-order valence-electron chi connectivity index (χ2n) is 4.39. The molecule has 0 saturated carbocycles. The van der Waals surface area contributed by atoms with Crippen molar-refractivity contribution in [3.8, 4) is 0 Å². The third-order valence-electron chi connectivity index (χ3n) is 3.21. The van der Waals surface area contributed by atoms with E-state index >= 15 is 0 Å². The summed E-state index contributed by atoms with van der Waals surface area (Å²) >= 11 is 6.06. The van der Waals surface area contributed by atoms with Crippen LogP contribution in [0.3, 0.4) is 0 Å². The summed E-state index contributed by atoms with van der Waals surface area (Å²) in [5.74, 6) is 0. The minimum absolute atomic E-state index is 0.183. The molecule has 17 heavy (non-hydrogen) atoms. The maximum absolute atomic E-state index is 7.49. The van der Waals surface area contributed by atoms with Crippen molar-refractivity contribution in [3.05, 3.63) is 28.3 Å². The molecule has 1 aromatic rings. The molecular formula is C13H18ClN2O+. The van der Waals surface area contributed by atoms with Gasteiger partial charge in [0.25, 0.3) is 0 Å². The lowest BCUT2D eigenvalue weighted by atomic mass is 10.1. The van der Waals surface area contributed by atoms with Gasteiger partial charge in [0.15, 0.2) is 6.23 Å². The summed E-state index contributed by atoms with van der Waals surface area (Å²) in [5, 5.41) is 10.3. The maximum atomic E-state index is 7.49. The minimum Gasteiger partial charge on any atom is -0.329 e. The van der Waals surface area contributed by atoms with E-state index in [0.29, 0.717) is 5.02 Å². The Morgan fingerprint density at radius 3 is 2.94 bits per heavy atom. The Balaban J connectivity index is 2.19. The van der Waals surface area contributed by atoms with Crippen LogP contribution >= 0.6 is 11.6 Å². The van der Waals surface area contributed by atoms with E-state index < -0.39 is 0 Å². The van der Waals surface area contributed by atoms with Gasteiger partial charge in [-0.25, -0.2) is 0 Å². The number of hydrogen-bond donors (Lipinski definition) is 2. The monoisotopic (exact) mass is 253 g/mol. The molecule has 0 bridgehead atoms. The van der Waals surface area contributed by atoms with Crippen molar-refractivity contribution in [1.82, 2.24) is 0 Å². The zero-order chi connectivity index (χ0) is 12.3. The van der Waals surface area contributed by atoms with Crippen LogP contribution < -0.4 is 5.32 Å². The number of hydrogen-bond acceptors (Lipinski definition) is 2. The predicted octanol–water partition coefficient (Wildman–Crippen LogP) is 2.37. The van der Waals surface area contributed by atoms with Crippen molar-refractivity contribution in [2.75, 3.05) is 6.61 Å². The van der Waals surface area contributed by atoms with E-state index in [9.17, 15) is 0 Å². The number of ether oxygens (including phenoxy) is 1. The quantitative estimate of drug-likeness (QED) is 0.631. The molecule has 0 aliphatic carbocycles. The lowest BCUT2D eigenvalue weighted by Crippen LogP contribution is -2.86. The molecule has 1 unspecified atom stereocenters. The Hall–Kier alpha value is -0.900. The zero-order valence-corrected chi connectivity index (χ0v) is 10.8. The number of quaternary nitrogens is 1. The Labute approximate surface area is 107 Å². The van der Waals surface area contributed by atoms with Gasteiger partial charge in [0.05, 0.1) is 12.2 Å². The van der Waals surface area contributed by atoms with Gasteiger partial charge in [-0.1, -0.05) is 11.6 Å². The van der Waals surface area contributed by atoms with E-state index in [-0.39, 0.29) is 6.23 Å². The molecule has 1 aliphatic rings. The predicted molar refractivity (Wildman–Crippen MR) is 69.3 cm³/mol. The third-order valence-corrected chi connectivity index (χ3v) is 3.62. The highest BCUT2D eigenvalue weighted by Gasteiger charge is 2.19.